The zero-order valence-electron chi connectivity index (χ0n) is 15.5. The molecule has 1 aliphatic rings. The fourth-order valence-corrected chi connectivity index (χ4v) is 3.28. The minimum absolute atomic E-state index is 0.0705. The minimum Gasteiger partial charge on any atom is -0.369 e. The number of anilines is 1. The summed E-state index contributed by atoms with van der Waals surface area (Å²) in [4.78, 5) is 34.9. The summed E-state index contributed by atoms with van der Waals surface area (Å²) in [5.41, 5.74) is 7.08. The second kappa shape index (κ2) is 7.57. The maximum atomic E-state index is 12.4. The Morgan fingerprint density at radius 2 is 2.11 bits per heavy atom. The predicted molar refractivity (Wildman–Crippen MR) is 104 cm³/mol. The van der Waals surface area contributed by atoms with Gasteiger partial charge >= 0.3 is 0 Å². The van der Waals surface area contributed by atoms with E-state index in [1.54, 1.807) is 37.5 Å². The molecule has 0 saturated heterocycles. The van der Waals surface area contributed by atoms with Crippen molar-refractivity contribution in [2.75, 3.05) is 12.4 Å². The van der Waals surface area contributed by atoms with Gasteiger partial charge in [-0.05, 0) is 36.2 Å². The second-order valence-corrected chi connectivity index (χ2v) is 6.63. The highest BCUT2D eigenvalue weighted by Crippen LogP contribution is 2.38. The van der Waals surface area contributed by atoms with Crippen LogP contribution in [-0.4, -0.2) is 34.7 Å². The standard InChI is InChI=1S/C20H23N5O2/c1-3-10-20(13-17(26)25(2)19(21)24-20)14-7-6-8-15(12-14)23-18(27)16-9-4-5-11-22-16/h4-9,11-12H,3,10,13H2,1-2H3,(H2,21,24)(H,23,27). The Hall–Kier alpha value is -3.22. The van der Waals surface area contributed by atoms with Gasteiger partial charge in [0, 0.05) is 18.9 Å². The number of hydrogen-bond acceptors (Lipinski definition) is 5. The van der Waals surface area contributed by atoms with Gasteiger partial charge in [0.2, 0.25) is 5.91 Å². The van der Waals surface area contributed by atoms with E-state index in [-0.39, 0.29) is 24.2 Å². The highest BCUT2D eigenvalue weighted by atomic mass is 16.2. The molecule has 3 N–H and O–H groups in total. The number of carbonyl (C=O) groups excluding carboxylic acids is 2. The lowest BCUT2D eigenvalue weighted by Gasteiger charge is -2.36. The number of aromatic nitrogens is 1. The summed E-state index contributed by atoms with van der Waals surface area (Å²) in [6.07, 6.45) is 3.35. The van der Waals surface area contributed by atoms with Crippen molar-refractivity contribution in [3.05, 3.63) is 59.9 Å². The summed E-state index contributed by atoms with van der Waals surface area (Å²) in [6.45, 7) is 2.04. The molecule has 0 bridgehead atoms. The molecular formula is C20H23N5O2. The van der Waals surface area contributed by atoms with Gasteiger partial charge < -0.3 is 11.1 Å². The first-order chi connectivity index (χ1) is 12.9. The maximum Gasteiger partial charge on any atom is 0.274 e. The molecule has 1 unspecified atom stereocenters. The molecule has 7 heteroatoms. The number of pyridine rings is 1. The van der Waals surface area contributed by atoms with Crippen LogP contribution < -0.4 is 11.1 Å². The minimum atomic E-state index is -0.714. The number of nitrogens with one attached hydrogen (secondary N) is 1. The van der Waals surface area contributed by atoms with Crippen LogP contribution in [0.25, 0.3) is 0 Å². The molecule has 0 spiro atoms. The molecule has 7 nitrogen and oxygen atoms in total. The maximum absolute atomic E-state index is 12.4. The van der Waals surface area contributed by atoms with Crippen LogP contribution in [0.2, 0.25) is 0 Å². The van der Waals surface area contributed by atoms with Crippen molar-refractivity contribution in [1.82, 2.24) is 9.88 Å². The van der Waals surface area contributed by atoms with Crippen molar-refractivity contribution in [3.8, 4) is 0 Å². The summed E-state index contributed by atoms with van der Waals surface area (Å²) in [6, 6.07) is 12.6. The molecule has 140 valence electrons. The van der Waals surface area contributed by atoms with Crippen molar-refractivity contribution in [2.24, 2.45) is 10.7 Å². The van der Waals surface area contributed by atoms with Crippen molar-refractivity contribution in [3.63, 3.8) is 0 Å². The van der Waals surface area contributed by atoms with E-state index < -0.39 is 5.54 Å². The lowest BCUT2D eigenvalue weighted by atomic mass is 9.81. The number of benzene rings is 1. The first kappa shape index (κ1) is 18.6. The Morgan fingerprint density at radius 3 is 2.78 bits per heavy atom. The van der Waals surface area contributed by atoms with E-state index in [4.69, 9.17) is 5.73 Å². The van der Waals surface area contributed by atoms with Crippen molar-refractivity contribution >= 4 is 23.5 Å². The van der Waals surface area contributed by atoms with Crippen LogP contribution in [0.5, 0.6) is 0 Å². The first-order valence-electron chi connectivity index (χ1n) is 8.90. The van der Waals surface area contributed by atoms with Gasteiger partial charge in [0.1, 0.15) is 5.69 Å². The molecule has 0 aliphatic carbocycles. The lowest BCUT2D eigenvalue weighted by Crippen LogP contribution is -2.48. The summed E-state index contributed by atoms with van der Waals surface area (Å²) in [5, 5.41) is 2.85. The number of rotatable bonds is 5. The van der Waals surface area contributed by atoms with Gasteiger partial charge in [-0.25, -0.2) is 4.99 Å². The zero-order chi connectivity index (χ0) is 19.4. The summed E-state index contributed by atoms with van der Waals surface area (Å²) in [7, 11) is 1.63. The van der Waals surface area contributed by atoms with Crippen molar-refractivity contribution in [2.45, 2.75) is 31.7 Å². The summed E-state index contributed by atoms with van der Waals surface area (Å²) in [5.74, 6) is -0.152. The number of hydrogen-bond donors (Lipinski definition) is 2. The molecule has 3 rings (SSSR count). The molecule has 1 aromatic heterocycles. The fourth-order valence-electron chi connectivity index (χ4n) is 3.28. The van der Waals surface area contributed by atoms with Crippen LogP contribution in [0.3, 0.4) is 0 Å². The van der Waals surface area contributed by atoms with Crippen molar-refractivity contribution in [1.29, 1.82) is 0 Å². The van der Waals surface area contributed by atoms with Crippen LogP contribution in [0.4, 0.5) is 5.69 Å². The Labute approximate surface area is 158 Å². The van der Waals surface area contributed by atoms with Crippen LogP contribution in [0, 0.1) is 0 Å². The van der Waals surface area contributed by atoms with Gasteiger partial charge in [0.05, 0.1) is 12.0 Å². The van der Waals surface area contributed by atoms with Crippen LogP contribution >= 0.6 is 0 Å². The first-order valence-corrected chi connectivity index (χ1v) is 8.90. The Bertz CT molecular complexity index is 881. The molecule has 2 aromatic rings. The lowest BCUT2D eigenvalue weighted by molar-refractivity contribution is -0.128. The predicted octanol–water partition coefficient (Wildman–Crippen LogP) is 2.51. The molecule has 0 fully saturated rings. The average molecular weight is 365 g/mol. The number of amides is 2. The van der Waals surface area contributed by atoms with E-state index in [1.807, 2.05) is 25.1 Å². The van der Waals surface area contributed by atoms with E-state index in [2.05, 4.69) is 15.3 Å². The van der Waals surface area contributed by atoms with Crippen LogP contribution in [0.1, 0.15) is 42.2 Å². The average Bonchev–Trinajstić information content (AvgIpc) is 2.67. The Morgan fingerprint density at radius 1 is 1.30 bits per heavy atom. The SMILES string of the molecule is CCCC1(c2cccc(NC(=O)c3ccccn3)c2)CC(=O)N(C)C(N)=N1. The topological polar surface area (TPSA) is 101 Å². The Kier molecular flexibility index (Phi) is 5.21. The summed E-state index contributed by atoms with van der Waals surface area (Å²) < 4.78 is 0. The smallest absolute Gasteiger partial charge is 0.274 e. The fraction of sp³-hybridized carbons (Fsp3) is 0.300. The number of aliphatic imine (C=N–C) groups is 1. The van der Waals surface area contributed by atoms with Gasteiger partial charge in [-0.2, -0.15) is 0 Å². The van der Waals surface area contributed by atoms with Crippen LogP contribution in [0.15, 0.2) is 53.7 Å². The Balaban J connectivity index is 1.93. The zero-order valence-corrected chi connectivity index (χ0v) is 15.5. The molecule has 27 heavy (non-hydrogen) atoms. The van der Waals surface area contributed by atoms with Crippen LogP contribution in [-0.2, 0) is 10.3 Å². The number of nitrogens with two attached hydrogens (primary N) is 1. The van der Waals surface area contributed by atoms with E-state index in [1.165, 1.54) is 4.90 Å². The van der Waals surface area contributed by atoms with Gasteiger partial charge in [0.15, 0.2) is 5.96 Å². The van der Waals surface area contributed by atoms with Gasteiger partial charge in [0.25, 0.3) is 5.91 Å². The van der Waals surface area contributed by atoms with E-state index in [0.717, 1.165) is 12.0 Å². The third kappa shape index (κ3) is 3.81. The van der Waals surface area contributed by atoms with Gasteiger partial charge in [-0.1, -0.05) is 31.5 Å². The summed E-state index contributed by atoms with van der Waals surface area (Å²) >= 11 is 0. The third-order valence-electron chi connectivity index (χ3n) is 4.71. The molecule has 2 amide bonds. The third-order valence-corrected chi connectivity index (χ3v) is 4.71. The highest BCUT2D eigenvalue weighted by molar-refractivity contribution is 6.03. The van der Waals surface area contributed by atoms with Gasteiger partial charge in [-0.15, -0.1) is 0 Å². The van der Waals surface area contributed by atoms with E-state index >= 15 is 0 Å². The molecule has 2 heterocycles. The van der Waals surface area contributed by atoms with E-state index in [9.17, 15) is 9.59 Å². The molecule has 1 aliphatic heterocycles. The molecule has 0 radical (unpaired) electrons. The largest absolute Gasteiger partial charge is 0.369 e. The normalized spacial score (nSPS) is 19.6. The van der Waals surface area contributed by atoms with Gasteiger partial charge in [-0.3, -0.25) is 19.5 Å². The quantitative estimate of drug-likeness (QED) is 0.850. The molecule has 1 atom stereocenters. The second-order valence-electron chi connectivity index (χ2n) is 6.63. The number of guanidine groups is 1. The highest BCUT2D eigenvalue weighted by Gasteiger charge is 2.39. The van der Waals surface area contributed by atoms with E-state index in [0.29, 0.717) is 17.8 Å². The molecule has 0 saturated carbocycles. The number of carbonyl (C=O) groups is 2. The monoisotopic (exact) mass is 365 g/mol. The van der Waals surface area contributed by atoms with Crippen molar-refractivity contribution < 1.29 is 9.59 Å². The number of nitrogens with zero attached hydrogens (tertiary/aromatic N) is 3. The molecular weight excluding hydrogens is 342 g/mol. The molecule has 1 aromatic carbocycles.